The molecule has 0 spiro atoms. The quantitative estimate of drug-likeness (QED) is 0.588. The molecule has 1 aliphatic heterocycles. The normalized spacial score (nSPS) is 14.0. The van der Waals surface area contributed by atoms with E-state index < -0.39 is 0 Å². The number of morpholine rings is 1. The summed E-state index contributed by atoms with van der Waals surface area (Å²) in [5.41, 5.74) is 2.92. The lowest BCUT2D eigenvalue weighted by Crippen LogP contribution is -2.43. The van der Waals surface area contributed by atoms with Crippen molar-refractivity contribution < 1.29 is 23.8 Å². The summed E-state index contributed by atoms with van der Waals surface area (Å²) in [4.78, 5) is 28.9. The summed E-state index contributed by atoms with van der Waals surface area (Å²) in [6.07, 6.45) is 0. The van der Waals surface area contributed by atoms with Gasteiger partial charge in [0, 0.05) is 32.2 Å². The lowest BCUT2D eigenvalue weighted by Gasteiger charge is -2.26. The fourth-order valence-corrected chi connectivity index (χ4v) is 3.75. The number of hydrogen-bond acceptors (Lipinski definition) is 5. The highest BCUT2D eigenvalue weighted by molar-refractivity contribution is 5.94. The molecule has 0 unspecified atom stereocenters. The van der Waals surface area contributed by atoms with E-state index in [1.54, 1.807) is 35.0 Å². The lowest BCUT2D eigenvalue weighted by atomic mass is 9.87. The summed E-state index contributed by atoms with van der Waals surface area (Å²) < 4.78 is 16.7. The number of rotatable bonds is 8. The van der Waals surface area contributed by atoms with Gasteiger partial charge in [0.25, 0.3) is 11.8 Å². The lowest BCUT2D eigenvalue weighted by molar-refractivity contribution is -0.137. The van der Waals surface area contributed by atoms with Crippen LogP contribution >= 0.6 is 0 Å². The third-order valence-electron chi connectivity index (χ3n) is 5.79. The minimum Gasteiger partial charge on any atom is -0.490 e. The van der Waals surface area contributed by atoms with Gasteiger partial charge in [-0.25, -0.2) is 0 Å². The van der Waals surface area contributed by atoms with Crippen LogP contribution in [0.3, 0.4) is 0 Å². The van der Waals surface area contributed by atoms with Crippen molar-refractivity contribution in [2.45, 2.75) is 39.7 Å². The van der Waals surface area contributed by atoms with E-state index in [1.807, 2.05) is 6.92 Å². The zero-order valence-corrected chi connectivity index (χ0v) is 20.9. The highest BCUT2D eigenvalue weighted by Gasteiger charge is 2.20. The fraction of sp³-hybridized carbons (Fsp3) is 0.481. The molecule has 0 aromatic heterocycles. The van der Waals surface area contributed by atoms with Gasteiger partial charge < -0.3 is 24.0 Å². The molecule has 3 rings (SSSR count). The molecule has 2 aromatic rings. The van der Waals surface area contributed by atoms with Crippen molar-refractivity contribution >= 4 is 11.8 Å². The van der Waals surface area contributed by atoms with Crippen molar-refractivity contribution in [1.82, 2.24) is 9.80 Å². The predicted octanol–water partition coefficient (Wildman–Crippen LogP) is 3.89. The first-order valence-electron chi connectivity index (χ1n) is 11.8. The Balaban J connectivity index is 1.65. The van der Waals surface area contributed by atoms with Crippen molar-refractivity contribution in [1.29, 1.82) is 0 Å². The zero-order valence-electron chi connectivity index (χ0n) is 20.9. The van der Waals surface area contributed by atoms with Crippen LogP contribution in [0.1, 0.15) is 49.2 Å². The van der Waals surface area contributed by atoms with Crippen LogP contribution in [0, 0.1) is 0 Å². The molecule has 2 amide bonds. The molecular formula is C27H36N2O5. The van der Waals surface area contributed by atoms with E-state index in [0.717, 1.165) is 5.56 Å². The van der Waals surface area contributed by atoms with E-state index in [9.17, 15) is 9.59 Å². The van der Waals surface area contributed by atoms with Crippen molar-refractivity contribution in [2.75, 3.05) is 46.6 Å². The second-order valence-electron chi connectivity index (χ2n) is 9.48. The molecular weight excluding hydrogens is 432 g/mol. The summed E-state index contributed by atoms with van der Waals surface area (Å²) in [5, 5.41) is 0. The third kappa shape index (κ3) is 6.73. The molecule has 0 atom stereocenters. The smallest absolute Gasteiger partial charge is 0.260 e. The Morgan fingerprint density at radius 2 is 1.68 bits per heavy atom. The van der Waals surface area contributed by atoms with Gasteiger partial charge in [-0.15, -0.1) is 0 Å². The van der Waals surface area contributed by atoms with Gasteiger partial charge in [0.05, 0.1) is 19.8 Å². The standard InChI is InChI=1S/C27H36N2O5/c1-6-33-24-17-21(9-12-23(24)34-19-25(30)29-13-15-32-16-14-29)26(31)28(5)18-20-7-10-22(11-8-20)27(2,3)4/h7-12,17H,6,13-16,18-19H2,1-5H3. The maximum Gasteiger partial charge on any atom is 0.260 e. The number of hydrogen-bond donors (Lipinski definition) is 0. The molecule has 0 saturated carbocycles. The molecule has 7 nitrogen and oxygen atoms in total. The van der Waals surface area contributed by atoms with Gasteiger partial charge in [0.1, 0.15) is 0 Å². The van der Waals surface area contributed by atoms with Gasteiger partial charge in [-0.2, -0.15) is 0 Å². The van der Waals surface area contributed by atoms with Crippen molar-refractivity contribution in [3.8, 4) is 11.5 Å². The van der Waals surface area contributed by atoms with E-state index in [1.165, 1.54) is 5.56 Å². The summed E-state index contributed by atoms with van der Waals surface area (Å²) in [6.45, 7) is 11.5. The average Bonchev–Trinajstić information content (AvgIpc) is 2.83. The molecule has 7 heteroatoms. The fourth-order valence-electron chi connectivity index (χ4n) is 3.75. The zero-order chi connectivity index (χ0) is 24.7. The van der Waals surface area contributed by atoms with E-state index in [0.29, 0.717) is 56.5 Å². The third-order valence-corrected chi connectivity index (χ3v) is 5.79. The Labute approximate surface area is 202 Å². The van der Waals surface area contributed by atoms with Gasteiger partial charge in [-0.1, -0.05) is 45.0 Å². The number of amides is 2. The van der Waals surface area contributed by atoms with Gasteiger partial charge in [0.15, 0.2) is 18.1 Å². The molecule has 0 radical (unpaired) electrons. The molecule has 2 aromatic carbocycles. The first-order valence-corrected chi connectivity index (χ1v) is 11.8. The second-order valence-corrected chi connectivity index (χ2v) is 9.48. The van der Waals surface area contributed by atoms with Crippen LogP contribution in [0.2, 0.25) is 0 Å². The van der Waals surface area contributed by atoms with Gasteiger partial charge in [0.2, 0.25) is 0 Å². The summed E-state index contributed by atoms with van der Waals surface area (Å²) in [5.74, 6) is 0.686. The van der Waals surface area contributed by atoms with Crippen LogP contribution in [0.5, 0.6) is 11.5 Å². The first-order chi connectivity index (χ1) is 16.2. The van der Waals surface area contributed by atoms with Crippen LogP contribution < -0.4 is 9.47 Å². The number of benzene rings is 2. The minimum absolute atomic E-state index is 0.0855. The van der Waals surface area contributed by atoms with Crippen LogP contribution in [-0.2, 0) is 21.5 Å². The van der Waals surface area contributed by atoms with Crippen molar-refractivity contribution in [3.05, 3.63) is 59.2 Å². The Bertz CT molecular complexity index is 976. The molecule has 0 bridgehead atoms. The Kier molecular flexibility index (Phi) is 8.56. The van der Waals surface area contributed by atoms with Gasteiger partial charge in [-0.05, 0) is 41.7 Å². The Morgan fingerprint density at radius 1 is 1.00 bits per heavy atom. The Hall–Kier alpha value is -3.06. The van der Waals surface area contributed by atoms with Gasteiger partial charge in [-0.3, -0.25) is 9.59 Å². The van der Waals surface area contributed by atoms with Crippen LogP contribution in [0.4, 0.5) is 0 Å². The topological polar surface area (TPSA) is 68.3 Å². The highest BCUT2D eigenvalue weighted by atomic mass is 16.5. The van der Waals surface area contributed by atoms with E-state index >= 15 is 0 Å². The monoisotopic (exact) mass is 468 g/mol. The van der Waals surface area contributed by atoms with Crippen LogP contribution in [0.15, 0.2) is 42.5 Å². The molecule has 0 N–H and O–H groups in total. The minimum atomic E-state index is -0.114. The maximum atomic E-state index is 13.1. The molecule has 1 saturated heterocycles. The van der Waals surface area contributed by atoms with Gasteiger partial charge >= 0.3 is 0 Å². The van der Waals surface area contributed by atoms with Crippen LogP contribution in [-0.4, -0.2) is 68.2 Å². The second kappa shape index (κ2) is 11.4. The SMILES string of the molecule is CCOc1cc(C(=O)N(C)Cc2ccc(C(C)(C)C)cc2)ccc1OCC(=O)N1CCOCC1. The number of carbonyl (C=O) groups excluding carboxylic acids is 2. The molecule has 0 aliphatic carbocycles. The largest absolute Gasteiger partial charge is 0.490 e. The predicted molar refractivity (Wildman–Crippen MR) is 131 cm³/mol. The maximum absolute atomic E-state index is 13.1. The summed E-state index contributed by atoms with van der Waals surface area (Å²) in [7, 11) is 1.78. The highest BCUT2D eigenvalue weighted by Crippen LogP contribution is 2.29. The van der Waals surface area contributed by atoms with Crippen molar-refractivity contribution in [2.24, 2.45) is 0 Å². The average molecular weight is 469 g/mol. The molecule has 1 aliphatic rings. The van der Waals surface area contributed by atoms with E-state index in [4.69, 9.17) is 14.2 Å². The molecule has 1 fully saturated rings. The van der Waals surface area contributed by atoms with Crippen molar-refractivity contribution in [3.63, 3.8) is 0 Å². The van der Waals surface area contributed by atoms with Crippen LogP contribution in [0.25, 0.3) is 0 Å². The molecule has 184 valence electrons. The number of carbonyl (C=O) groups is 2. The Morgan fingerprint density at radius 3 is 2.29 bits per heavy atom. The molecule has 34 heavy (non-hydrogen) atoms. The molecule has 1 heterocycles. The van der Waals surface area contributed by atoms with E-state index in [-0.39, 0.29) is 23.8 Å². The summed E-state index contributed by atoms with van der Waals surface area (Å²) in [6, 6.07) is 13.4. The number of nitrogens with zero attached hydrogens (tertiary/aromatic N) is 2. The number of ether oxygens (including phenoxy) is 3. The summed E-state index contributed by atoms with van der Waals surface area (Å²) >= 11 is 0. The van der Waals surface area contributed by atoms with E-state index in [2.05, 4.69) is 45.0 Å². The first kappa shape index (κ1) is 25.6.